The number of rotatable bonds is 12. The number of hydrogen-bond donors (Lipinski definition) is 1. The number of nitrogens with one attached hydrogen (secondary N) is 1. The van der Waals surface area contributed by atoms with E-state index in [2.05, 4.69) is 10.1 Å². The molecule has 1 heterocycles. The van der Waals surface area contributed by atoms with Gasteiger partial charge in [-0.05, 0) is 60.2 Å². The van der Waals surface area contributed by atoms with Crippen LogP contribution in [0.2, 0.25) is 0 Å². The van der Waals surface area contributed by atoms with Gasteiger partial charge in [-0.3, -0.25) is 4.79 Å². The van der Waals surface area contributed by atoms with Crippen LogP contribution in [0.15, 0.2) is 71.6 Å². The molecule has 46 heavy (non-hydrogen) atoms. The Labute approximate surface area is 261 Å². The molecule has 1 fully saturated rings. The molecular formula is C31H29F6N3O5S. The van der Waals surface area contributed by atoms with Crippen molar-refractivity contribution < 1.29 is 49.0 Å². The van der Waals surface area contributed by atoms with Crippen molar-refractivity contribution in [3.8, 4) is 11.8 Å². The Morgan fingerprint density at radius 1 is 1.09 bits per heavy atom. The first-order chi connectivity index (χ1) is 21.7. The molecule has 0 unspecified atom stereocenters. The summed E-state index contributed by atoms with van der Waals surface area (Å²) in [5.41, 5.74) is -0.583. The molecular weight excluding hydrogens is 640 g/mol. The molecule has 3 aromatic rings. The van der Waals surface area contributed by atoms with Gasteiger partial charge in [0.15, 0.2) is 9.84 Å². The van der Waals surface area contributed by atoms with Crippen LogP contribution in [-0.4, -0.2) is 52.0 Å². The summed E-state index contributed by atoms with van der Waals surface area (Å²) in [5, 5.41) is 11.9. The van der Waals surface area contributed by atoms with E-state index >= 15 is 4.39 Å². The third-order valence-electron chi connectivity index (χ3n) is 7.43. The smallest absolute Gasteiger partial charge is 0.416 e. The maximum atomic E-state index is 15.3. The maximum Gasteiger partial charge on any atom is 0.416 e. The van der Waals surface area contributed by atoms with Crippen molar-refractivity contribution in [2.75, 3.05) is 23.8 Å². The average molecular weight is 670 g/mol. The first-order valence-electron chi connectivity index (χ1n) is 14.0. The van der Waals surface area contributed by atoms with Gasteiger partial charge in [-0.25, -0.2) is 12.8 Å². The number of amides is 1. The van der Waals surface area contributed by atoms with Gasteiger partial charge in [-0.15, -0.1) is 0 Å². The van der Waals surface area contributed by atoms with Crippen molar-refractivity contribution >= 4 is 21.4 Å². The van der Waals surface area contributed by atoms with E-state index in [1.807, 2.05) is 6.07 Å². The van der Waals surface area contributed by atoms with Crippen molar-refractivity contribution in [3.05, 3.63) is 89.2 Å². The molecule has 0 radical (unpaired) electrons. The highest BCUT2D eigenvalue weighted by atomic mass is 32.2. The first kappa shape index (κ1) is 34.6. The second-order valence-corrected chi connectivity index (χ2v) is 12.7. The molecule has 0 aliphatic carbocycles. The van der Waals surface area contributed by atoms with Gasteiger partial charge in [0.25, 0.3) is 5.91 Å². The summed E-state index contributed by atoms with van der Waals surface area (Å²) in [6.45, 7) is -1.98. The minimum Gasteiger partial charge on any atom is -0.489 e. The van der Waals surface area contributed by atoms with E-state index in [9.17, 15) is 40.4 Å². The van der Waals surface area contributed by atoms with Crippen LogP contribution in [0.1, 0.15) is 47.3 Å². The monoisotopic (exact) mass is 669 g/mol. The molecule has 1 saturated heterocycles. The Hall–Kier alpha value is -4.29. The van der Waals surface area contributed by atoms with Gasteiger partial charge < -0.3 is 19.7 Å². The highest BCUT2D eigenvalue weighted by Crippen LogP contribution is 2.33. The van der Waals surface area contributed by atoms with Crippen LogP contribution in [0.5, 0.6) is 5.75 Å². The molecule has 3 atom stereocenters. The summed E-state index contributed by atoms with van der Waals surface area (Å²) < 4.78 is 114. The van der Waals surface area contributed by atoms with Gasteiger partial charge >= 0.3 is 12.8 Å². The van der Waals surface area contributed by atoms with E-state index in [0.717, 1.165) is 30.3 Å². The lowest BCUT2D eigenvalue weighted by molar-refractivity contribution is -0.137. The summed E-state index contributed by atoms with van der Waals surface area (Å²) >= 11 is 0. The van der Waals surface area contributed by atoms with Crippen LogP contribution in [0.4, 0.5) is 32.0 Å². The molecule has 246 valence electrons. The molecule has 1 aliphatic heterocycles. The second-order valence-electron chi connectivity index (χ2n) is 10.4. The zero-order valence-corrected chi connectivity index (χ0v) is 25.1. The number of ether oxygens (including phenoxy) is 2. The molecule has 4 rings (SSSR count). The van der Waals surface area contributed by atoms with Crippen LogP contribution < -0.4 is 15.0 Å². The number of nitriles is 1. The first-order valence-corrected chi connectivity index (χ1v) is 15.7. The van der Waals surface area contributed by atoms with Crippen molar-refractivity contribution in [1.82, 2.24) is 5.32 Å². The quantitative estimate of drug-likeness (QED) is 0.226. The van der Waals surface area contributed by atoms with E-state index in [4.69, 9.17) is 4.74 Å². The van der Waals surface area contributed by atoms with E-state index < -0.39 is 64.7 Å². The summed E-state index contributed by atoms with van der Waals surface area (Å²) in [7, 11) is -3.47. The molecule has 0 saturated carbocycles. The molecule has 1 N–H and O–H groups in total. The van der Waals surface area contributed by atoms with E-state index in [1.165, 1.54) is 43.3 Å². The Balaban J connectivity index is 1.50. The number of anilines is 1. The predicted molar refractivity (Wildman–Crippen MR) is 155 cm³/mol. The number of halogens is 6. The Morgan fingerprint density at radius 2 is 1.76 bits per heavy atom. The molecule has 8 nitrogen and oxygen atoms in total. The van der Waals surface area contributed by atoms with Crippen LogP contribution in [0, 0.1) is 17.1 Å². The highest BCUT2D eigenvalue weighted by molar-refractivity contribution is 7.91. The summed E-state index contributed by atoms with van der Waals surface area (Å²) in [4.78, 5) is 14.7. The highest BCUT2D eigenvalue weighted by Gasteiger charge is 2.36. The van der Waals surface area contributed by atoms with E-state index in [0.29, 0.717) is 5.56 Å². The fourth-order valence-corrected chi connectivity index (χ4v) is 5.94. The lowest BCUT2D eigenvalue weighted by Crippen LogP contribution is -2.34. The topological polar surface area (TPSA) is 109 Å². The van der Waals surface area contributed by atoms with Gasteiger partial charge in [0, 0.05) is 12.1 Å². The predicted octanol–water partition coefficient (Wildman–Crippen LogP) is 6.29. The summed E-state index contributed by atoms with van der Waals surface area (Å²) in [6, 6.07) is 13.6. The molecule has 0 bridgehead atoms. The van der Waals surface area contributed by atoms with Crippen molar-refractivity contribution in [2.24, 2.45) is 0 Å². The normalized spacial score (nSPS) is 17.5. The number of sulfone groups is 1. The second kappa shape index (κ2) is 14.4. The largest absolute Gasteiger partial charge is 0.489 e. The van der Waals surface area contributed by atoms with Gasteiger partial charge in [-0.1, -0.05) is 19.1 Å². The Bertz CT molecular complexity index is 1660. The minimum atomic E-state index is -4.53. The lowest BCUT2D eigenvalue weighted by atomic mass is 10.0. The number of carbonyl (C=O) groups excluding carboxylic acids is 1. The SMILES string of the molecule is CCS(=O)(=O)c1ccc([C@H](CC#N)NC(=O)c2ccc(N3C[C@@H](Oc4ccc(C(F)(F)F)cc4)C[C@H]3COC(F)F)cc2F)cc1. The minimum absolute atomic E-state index is 0.0528. The molecule has 3 aromatic carbocycles. The van der Waals surface area contributed by atoms with E-state index in [1.54, 1.807) is 4.90 Å². The van der Waals surface area contributed by atoms with Gasteiger partial charge in [0.1, 0.15) is 17.7 Å². The number of hydrogen-bond acceptors (Lipinski definition) is 7. The van der Waals surface area contributed by atoms with Crippen molar-refractivity contribution in [2.45, 2.75) is 55.6 Å². The van der Waals surface area contributed by atoms with Crippen LogP contribution >= 0.6 is 0 Å². The fourth-order valence-electron chi connectivity index (χ4n) is 5.05. The lowest BCUT2D eigenvalue weighted by Gasteiger charge is -2.26. The van der Waals surface area contributed by atoms with Crippen LogP contribution in [0.25, 0.3) is 0 Å². The number of nitrogens with zero attached hydrogens (tertiary/aromatic N) is 2. The maximum absolute atomic E-state index is 15.3. The van der Waals surface area contributed by atoms with Crippen LogP contribution in [-0.2, 0) is 20.8 Å². The Kier molecular flexibility index (Phi) is 10.8. The number of benzene rings is 3. The molecule has 0 spiro atoms. The van der Waals surface area contributed by atoms with Crippen LogP contribution in [0.3, 0.4) is 0 Å². The standard InChI is InChI=1S/C31H29F6N3O5S/c1-2-46(42,43)25-10-3-19(4-11-25)28(13-14-38)39-29(41)26-12-7-21(16-27(26)32)40-17-24(15-22(40)18-44-30(33)34)45-23-8-5-20(6-9-23)31(35,36)37/h3-12,16,22,24,28,30H,2,13,15,17-18H2,1H3,(H,39,41)/t22-,24-,28-/m0/s1. The summed E-state index contributed by atoms with van der Waals surface area (Å²) in [5.74, 6) is -1.78. The average Bonchev–Trinajstić information content (AvgIpc) is 3.42. The molecule has 1 aliphatic rings. The molecule has 15 heteroatoms. The molecule has 1 amide bonds. The van der Waals surface area contributed by atoms with Crippen molar-refractivity contribution in [3.63, 3.8) is 0 Å². The van der Waals surface area contributed by atoms with E-state index in [-0.39, 0.29) is 47.0 Å². The zero-order valence-electron chi connectivity index (χ0n) is 24.3. The third kappa shape index (κ3) is 8.49. The summed E-state index contributed by atoms with van der Waals surface area (Å²) in [6.07, 6.45) is -5.26. The zero-order chi connectivity index (χ0) is 33.6. The molecule has 0 aromatic heterocycles. The van der Waals surface area contributed by atoms with Gasteiger partial charge in [0.05, 0.1) is 59.5 Å². The third-order valence-corrected chi connectivity index (χ3v) is 9.18. The van der Waals surface area contributed by atoms with Gasteiger partial charge in [0.2, 0.25) is 0 Å². The number of carbonyl (C=O) groups is 1. The Morgan fingerprint density at radius 3 is 2.33 bits per heavy atom. The van der Waals surface area contributed by atoms with Crippen molar-refractivity contribution in [1.29, 1.82) is 5.26 Å². The van der Waals surface area contributed by atoms with Gasteiger partial charge in [-0.2, -0.15) is 27.2 Å². The fraction of sp³-hybridized carbons (Fsp3) is 0.355. The number of alkyl halides is 5.